The van der Waals surface area contributed by atoms with Crippen molar-refractivity contribution >= 4 is 18.1 Å². The molecule has 6 heteroatoms. The summed E-state index contributed by atoms with van der Waals surface area (Å²) in [6.45, 7) is 0.00742. The maximum absolute atomic E-state index is 9.24. The molecule has 4 heterocycles. The van der Waals surface area contributed by atoms with E-state index in [-0.39, 0.29) is 19.0 Å². The molecule has 0 aromatic carbocycles. The van der Waals surface area contributed by atoms with Crippen molar-refractivity contribution in [1.29, 1.82) is 0 Å². The molecule has 0 amide bonds. The fraction of sp³-hybridized carbons (Fsp3) is 0.0588. The highest BCUT2D eigenvalue weighted by molar-refractivity contribution is 5.85. The number of pyridine rings is 2. The monoisotopic (exact) mass is 327 g/mol. The molecule has 23 heavy (non-hydrogen) atoms. The second kappa shape index (κ2) is 6.24. The van der Waals surface area contributed by atoms with Crippen LogP contribution in [0.3, 0.4) is 0 Å². The van der Waals surface area contributed by atoms with Gasteiger partial charge in [-0.3, -0.25) is 4.98 Å². The van der Waals surface area contributed by atoms with Crippen molar-refractivity contribution in [2.24, 2.45) is 0 Å². The number of imidazole rings is 1. The summed E-state index contributed by atoms with van der Waals surface area (Å²) in [5.74, 6) is 0. The van der Waals surface area contributed by atoms with Crippen molar-refractivity contribution in [2.75, 3.05) is 0 Å². The van der Waals surface area contributed by atoms with E-state index >= 15 is 0 Å². The van der Waals surface area contributed by atoms with E-state index in [0.29, 0.717) is 0 Å². The van der Waals surface area contributed by atoms with Gasteiger partial charge in [0.2, 0.25) is 0 Å². The van der Waals surface area contributed by atoms with Crippen LogP contribution in [-0.4, -0.2) is 19.5 Å². The maximum atomic E-state index is 9.24. The van der Waals surface area contributed by atoms with Gasteiger partial charge in [-0.25, -0.2) is 4.98 Å². The van der Waals surface area contributed by atoms with Crippen LogP contribution in [0.5, 0.6) is 0 Å². The highest BCUT2D eigenvalue weighted by Gasteiger charge is 2.07. The summed E-state index contributed by atoms with van der Waals surface area (Å²) in [6, 6.07) is 9.50. The summed E-state index contributed by atoms with van der Waals surface area (Å²) in [7, 11) is 0. The number of furan rings is 1. The first-order valence-corrected chi connectivity index (χ1v) is 6.91. The van der Waals surface area contributed by atoms with Crippen LogP contribution >= 0.6 is 12.4 Å². The zero-order valence-electron chi connectivity index (χ0n) is 12.1. The summed E-state index contributed by atoms with van der Waals surface area (Å²) in [4.78, 5) is 8.93. The molecule has 0 saturated carbocycles. The molecule has 0 bridgehead atoms. The first-order chi connectivity index (χ1) is 10.8. The topological polar surface area (TPSA) is 63.6 Å². The number of aliphatic hydroxyl groups is 1. The van der Waals surface area contributed by atoms with Gasteiger partial charge < -0.3 is 13.9 Å². The lowest BCUT2D eigenvalue weighted by molar-refractivity contribution is 0.282. The molecule has 5 nitrogen and oxygen atoms in total. The molecular formula is C17H14ClN3O2. The van der Waals surface area contributed by atoms with Crippen molar-refractivity contribution in [2.45, 2.75) is 6.61 Å². The quantitative estimate of drug-likeness (QED) is 0.625. The number of rotatable bonds is 3. The van der Waals surface area contributed by atoms with Crippen molar-refractivity contribution in [3.63, 3.8) is 0 Å². The number of halogens is 1. The highest BCUT2D eigenvalue weighted by atomic mass is 35.5. The maximum Gasteiger partial charge on any atom is 0.137 e. The molecule has 4 aromatic heterocycles. The summed E-state index contributed by atoms with van der Waals surface area (Å²) >= 11 is 0. The van der Waals surface area contributed by atoms with Gasteiger partial charge in [0.05, 0.1) is 30.5 Å². The van der Waals surface area contributed by atoms with Gasteiger partial charge in [0.1, 0.15) is 5.65 Å². The van der Waals surface area contributed by atoms with E-state index in [1.54, 1.807) is 24.8 Å². The smallest absolute Gasteiger partial charge is 0.137 e. The normalized spacial score (nSPS) is 10.7. The van der Waals surface area contributed by atoms with Gasteiger partial charge in [-0.05, 0) is 35.9 Å². The van der Waals surface area contributed by atoms with Gasteiger partial charge in [-0.15, -0.1) is 12.4 Å². The van der Waals surface area contributed by atoms with Crippen molar-refractivity contribution in [3.8, 4) is 22.5 Å². The Hall–Kier alpha value is -2.63. The third kappa shape index (κ3) is 2.84. The molecule has 1 N–H and O–H groups in total. The molecule has 0 saturated heterocycles. The molecule has 0 unspecified atom stereocenters. The van der Waals surface area contributed by atoms with Crippen LogP contribution in [0.1, 0.15) is 5.56 Å². The Bertz CT molecular complexity index is 932. The minimum atomic E-state index is 0. The second-order valence-electron chi connectivity index (χ2n) is 5.03. The van der Waals surface area contributed by atoms with Crippen LogP contribution < -0.4 is 0 Å². The van der Waals surface area contributed by atoms with Crippen LogP contribution in [0.25, 0.3) is 28.2 Å². The summed E-state index contributed by atoms with van der Waals surface area (Å²) in [5.41, 5.74) is 5.31. The standard InChI is InChI=1S/C17H13N3O2.ClH/c21-10-12-3-5-18-15(7-12)13-1-2-17-19-16(9-20(17)8-13)14-4-6-22-11-14;/h1-9,11,21H,10H2;1H. The van der Waals surface area contributed by atoms with E-state index in [1.165, 1.54) is 0 Å². The number of fused-ring (bicyclic) bond motifs is 1. The van der Waals surface area contributed by atoms with E-state index in [1.807, 2.05) is 41.1 Å². The Labute approximate surface area is 138 Å². The van der Waals surface area contributed by atoms with Crippen molar-refractivity contribution in [1.82, 2.24) is 14.4 Å². The van der Waals surface area contributed by atoms with E-state index in [0.717, 1.165) is 33.7 Å². The van der Waals surface area contributed by atoms with Crippen LogP contribution in [0.15, 0.2) is 65.9 Å². The van der Waals surface area contributed by atoms with E-state index in [4.69, 9.17) is 4.42 Å². The molecule has 0 aliphatic carbocycles. The van der Waals surface area contributed by atoms with Crippen LogP contribution in [0.4, 0.5) is 0 Å². The lowest BCUT2D eigenvalue weighted by atomic mass is 10.1. The van der Waals surface area contributed by atoms with Crippen LogP contribution in [-0.2, 0) is 6.61 Å². The van der Waals surface area contributed by atoms with Gasteiger partial charge >= 0.3 is 0 Å². The Morgan fingerprint density at radius 2 is 1.96 bits per heavy atom. The molecule has 116 valence electrons. The van der Waals surface area contributed by atoms with E-state index < -0.39 is 0 Å². The second-order valence-corrected chi connectivity index (χ2v) is 5.03. The highest BCUT2D eigenvalue weighted by Crippen LogP contribution is 2.23. The molecule has 0 radical (unpaired) electrons. The van der Waals surface area contributed by atoms with Gasteiger partial charge in [-0.1, -0.05) is 0 Å². The zero-order valence-corrected chi connectivity index (χ0v) is 12.9. The number of aromatic nitrogens is 3. The number of hydrogen-bond donors (Lipinski definition) is 1. The minimum absolute atomic E-state index is 0. The van der Waals surface area contributed by atoms with Gasteiger partial charge in [0.25, 0.3) is 0 Å². The minimum Gasteiger partial charge on any atom is -0.472 e. The molecule has 4 rings (SSSR count). The lowest BCUT2D eigenvalue weighted by Gasteiger charge is -2.03. The van der Waals surface area contributed by atoms with E-state index in [2.05, 4.69) is 9.97 Å². The Balaban J connectivity index is 0.00000156. The van der Waals surface area contributed by atoms with Crippen molar-refractivity contribution < 1.29 is 9.52 Å². The molecule has 0 aliphatic heterocycles. The fourth-order valence-corrected chi connectivity index (χ4v) is 2.42. The average molecular weight is 328 g/mol. The van der Waals surface area contributed by atoms with Crippen LogP contribution in [0, 0.1) is 0 Å². The third-order valence-electron chi connectivity index (χ3n) is 3.57. The lowest BCUT2D eigenvalue weighted by Crippen LogP contribution is -1.90. The SMILES string of the molecule is Cl.OCc1ccnc(-c2ccc3nc(-c4ccoc4)cn3c2)c1. The zero-order chi connectivity index (χ0) is 14.9. The van der Waals surface area contributed by atoms with Gasteiger partial charge in [0.15, 0.2) is 0 Å². The predicted octanol–water partition coefficient (Wildman–Crippen LogP) is 3.57. The van der Waals surface area contributed by atoms with Crippen LogP contribution in [0.2, 0.25) is 0 Å². The van der Waals surface area contributed by atoms with Gasteiger partial charge in [0, 0.05) is 29.7 Å². The number of hydrogen-bond acceptors (Lipinski definition) is 4. The van der Waals surface area contributed by atoms with Gasteiger partial charge in [-0.2, -0.15) is 0 Å². The molecule has 0 spiro atoms. The molecule has 0 aliphatic rings. The largest absolute Gasteiger partial charge is 0.472 e. The third-order valence-corrected chi connectivity index (χ3v) is 3.57. The summed E-state index contributed by atoms with van der Waals surface area (Å²) in [6.07, 6.45) is 8.95. The first kappa shape index (κ1) is 15.3. The summed E-state index contributed by atoms with van der Waals surface area (Å²) in [5, 5.41) is 9.24. The number of aliphatic hydroxyl groups excluding tert-OH is 1. The molecular weight excluding hydrogens is 314 g/mol. The summed E-state index contributed by atoms with van der Waals surface area (Å²) < 4.78 is 7.06. The van der Waals surface area contributed by atoms with Crippen molar-refractivity contribution in [3.05, 3.63) is 67.0 Å². The Kier molecular flexibility index (Phi) is 4.14. The molecule has 0 fully saturated rings. The first-order valence-electron chi connectivity index (χ1n) is 6.91. The number of nitrogens with zero attached hydrogens (tertiary/aromatic N) is 3. The Morgan fingerprint density at radius 1 is 1.04 bits per heavy atom. The van der Waals surface area contributed by atoms with E-state index in [9.17, 15) is 5.11 Å². The molecule has 0 atom stereocenters. The molecule has 4 aromatic rings. The fourth-order valence-electron chi connectivity index (χ4n) is 2.42. The average Bonchev–Trinajstić information content (AvgIpc) is 3.23. The Morgan fingerprint density at radius 3 is 2.74 bits per heavy atom. The predicted molar refractivity (Wildman–Crippen MR) is 89.3 cm³/mol.